The number of amides is 3. The van der Waals surface area contributed by atoms with Gasteiger partial charge in [0.15, 0.2) is 5.78 Å². The van der Waals surface area contributed by atoms with Crippen LogP contribution in [0.15, 0.2) is 30.5 Å². The number of nitrogens with zero attached hydrogens (tertiary/aromatic N) is 4. The van der Waals surface area contributed by atoms with E-state index < -0.39 is 23.7 Å². The van der Waals surface area contributed by atoms with Gasteiger partial charge < -0.3 is 25.2 Å². The van der Waals surface area contributed by atoms with Crippen LogP contribution in [0.3, 0.4) is 0 Å². The lowest BCUT2D eigenvalue weighted by Crippen LogP contribution is -2.55. The summed E-state index contributed by atoms with van der Waals surface area (Å²) < 4.78 is 22.7. The molecule has 0 bridgehead atoms. The third kappa shape index (κ3) is 8.27. The molecule has 3 fully saturated rings. The van der Waals surface area contributed by atoms with Gasteiger partial charge in [-0.25, -0.2) is 4.39 Å². The van der Waals surface area contributed by atoms with Crippen LogP contribution >= 0.6 is 0 Å². The van der Waals surface area contributed by atoms with E-state index in [1.165, 1.54) is 12.1 Å². The number of benzene rings is 1. The SMILES string of the molecule is CCC(=O)N[C@@H](C(=O)N1CCN(C)CC1)[C@@H](C)c1ccc(NC(=O)[C@@H](CC(=O)c2ccnn2C2COC2)C2CCC(C)CC2)c(F)c1. The lowest BCUT2D eigenvalue weighted by molar-refractivity contribution is -0.138. The van der Waals surface area contributed by atoms with Crippen molar-refractivity contribution in [1.82, 2.24) is 24.9 Å². The van der Waals surface area contributed by atoms with E-state index in [4.69, 9.17) is 4.74 Å². The number of halogens is 1. The van der Waals surface area contributed by atoms with E-state index in [2.05, 4.69) is 27.6 Å². The molecule has 2 saturated heterocycles. The Morgan fingerprint density at radius 3 is 2.36 bits per heavy atom. The van der Waals surface area contributed by atoms with Gasteiger partial charge in [-0.05, 0) is 55.5 Å². The summed E-state index contributed by atoms with van der Waals surface area (Å²) in [7, 11) is 2.00. The average Bonchev–Trinajstić information content (AvgIpc) is 3.51. The smallest absolute Gasteiger partial charge is 0.245 e. The Morgan fingerprint density at radius 2 is 1.74 bits per heavy atom. The molecule has 2 aromatic rings. The van der Waals surface area contributed by atoms with Crippen molar-refractivity contribution in [1.29, 1.82) is 0 Å². The highest BCUT2D eigenvalue weighted by Gasteiger charge is 2.36. The van der Waals surface area contributed by atoms with Gasteiger partial charge in [0.05, 0.1) is 24.9 Å². The van der Waals surface area contributed by atoms with Crippen molar-refractivity contribution in [3.63, 3.8) is 0 Å². The fourth-order valence-corrected chi connectivity index (χ4v) is 6.89. The van der Waals surface area contributed by atoms with Crippen molar-refractivity contribution in [2.45, 2.75) is 77.3 Å². The monoisotopic (exact) mass is 652 g/mol. The topological polar surface area (TPSA) is 126 Å². The van der Waals surface area contributed by atoms with Crippen molar-refractivity contribution in [2.24, 2.45) is 17.8 Å². The first-order valence-corrected chi connectivity index (χ1v) is 17.1. The molecule has 2 aliphatic heterocycles. The molecule has 0 unspecified atom stereocenters. The molecular formula is C35H49FN6O5. The summed E-state index contributed by atoms with van der Waals surface area (Å²) in [5.41, 5.74) is 1.01. The van der Waals surface area contributed by atoms with Crippen molar-refractivity contribution in [3.8, 4) is 0 Å². The molecule has 47 heavy (non-hydrogen) atoms. The summed E-state index contributed by atoms with van der Waals surface area (Å²) in [5, 5.41) is 9.97. The quantitative estimate of drug-likeness (QED) is 0.332. The molecule has 12 heteroatoms. The molecule has 256 valence electrons. The van der Waals surface area contributed by atoms with Gasteiger partial charge in [-0.15, -0.1) is 0 Å². The number of rotatable bonds is 12. The Bertz CT molecular complexity index is 1430. The van der Waals surface area contributed by atoms with E-state index in [1.807, 2.05) is 7.05 Å². The minimum Gasteiger partial charge on any atom is -0.377 e. The lowest BCUT2D eigenvalue weighted by Gasteiger charge is -2.36. The zero-order valence-electron chi connectivity index (χ0n) is 28.0. The molecular weight excluding hydrogens is 603 g/mol. The Kier molecular flexibility index (Phi) is 11.4. The van der Waals surface area contributed by atoms with Gasteiger partial charge >= 0.3 is 0 Å². The summed E-state index contributed by atoms with van der Waals surface area (Å²) in [6.45, 7) is 9.30. The van der Waals surface area contributed by atoms with Gasteiger partial charge in [-0.3, -0.25) is 23.9 Å². The van der Waals surface area contributed by atoms with Gasteiger partial charge in [0.25, 0.3) is 0 Å². The normalized spacial score (nSPS) is 22.5. The van der Waals surface area contributed by atoms with E-state index in [1.54, 1.807) is 41.8 Å². The van der Waals surface area contributed by atoms with Crippen LogP contribution in [0.1, 0.15) is 87.3 Å². The number of aromatic nitrogens is 2. The predicted octanol–water partition coefficient (Wildman–Crippen LogP) is 4.02. The molecule has 1 aromatic carbocycles. The number of carbonyl (C=O) groups is 4. The van der Waals surface area contributed by atoms with Gasteiger partial charge in [0.2, 0.25) is 17.7 Å². The van der Waals surface area contributed by atoms with Crippen LogP contribution < -0.4 is 10.6 Å². The van der Waals surface area contributed by atoms with E-state index in [0.29, 0.717) is 43.5 Å². The number of Topliss-reactive ketones (excluding diaryl/α,β-unsaturated/α-hetero) is 1. The van der Waals surface area contributed by atoms with Crippen molar-refractivity contribution < 1.29 is 28.3 Å². The van der Waals surface area contributed by atoms with Crippen LogP contribution in [0, 0.1) is 23.6 Å². The Labute approximate surface area is 276 Å². The minimum atomic E-state index is -0.852. The van der Waals surface area contributed by atoms with Crippen LogP contribution in [0.5, 0.6) is 0 Å². The summed E-state index contributed by atoms with van der Waals surface area (Å²) in [6.07, 6.45) is 5.43. The summed E-state index contributed by atoms with van der Waals surface area (Å²) in [6, 6.07) is 5.36. The van der Waals surface area contributed by atoms with Gasteiger partial charge in [0.1, 0.15) is 17.6 Å². The van der Waals surface area contributed by atoms with Gasteiger partial charge in [-0.1, -0.05) is 39.7 Å². The second-order valence-corrected chi connectivity index (χ2v) is 13.7. The van der Waals surface area contributed by atoms with E-state index >= 15 is 4.39 Å². The second-order valence-electron chi connectivity index (χ2n) is 13.7. The fourth-order valence-electron chi connectivity index (χ4n) is 6.89. The number of nitrogens with one attached hydrogen (secondary N) is 2. The van der Waals surface area contributed by atoms with E-state index in [-0.39, 0.29) is 54.0 Å². The lowest BCUT2D eigenvalue weighted by atomic mass is 9.74. The number of hydrogen-bond acceptors (Lipinski definition) is 7. The Hall–Kier alpha value is -3.64. The molecule has 0 radical (unpaired) electrons. The minimum absolute atomic E-state index is 0.00411. The fraction of sp³-hybridized carbons (Fsp3) is 0.629. The average molecular weight is 653 g/mol. The standard InChI is InChI=1S/C35H49FN6O5/c1-5-32(44)39-33(35(46)41-16-14-40(4)15-17-41)23(3)25-10-11-29(28(36)18-25)38-34(45)27(24-8-6-22(2)7-9-24)19-31(43)30-12-13-37-42(30)26-20-47-21-26/h10-13,18,22-24,26-27,33H,5-9,14-17,19-21H2,1-4H3,(H,38,45)(H,39,44)/t22?,23-,24?,27-,33+/m0/s1. The van der Waals surface area contributed by atoms with Crippen LogP contribution in [-0.4, -0.2) is 95.6 Å². The third-order valence-corrected chi connectivity index (χ3v) is 10.3. The molecule has 1 aliphatic carbocycles. The van der Waals surface area contributed by atoms with Crippen LogP contribution in [-0.2, 0) is 19.1 Å². The molecule has 2 N–H and O–H groups in total. The highest BCUT2D eigenvalue weighted by atomic mass is 19.1. The molecule has 3 atom stereocenters. The number of anilines is 1. The Morgan fingerprint density at radius 1 is 1.04 bits per heavy atom. The maximum atomic E-state index is 15.7. The second kappa shape index (κ2) is 15.5. The first-order valence-electron chi connectivity index (χ1n) is 17.1. The number of likely N-dealkylation sites (N-methyl/N-ethyl adjacent to an activating group) is 1. The molecule has 3 heterocycles. The van der Waals surface area contributed by atoms with Crippen molar-refractivity contribution in [3.05, 3.63) is 47.5 Å². The molecule has 1 saturated carbocycles. The maximum Gasteiger partial charge on any atom is 0.245 e. The molecule has 1 aromatic heterocycles. The molecule has 0 spiro atoms. The van der Waals surface area contributed by atoms with E-state index in [0.717, 1.165) is 38.8 Å². The highest BCUT2D eigenvalue weighted by molar-refractivity contribution is 6.00. The molecule has 3 amide bonds. The van der Waals surface area contributed by atoms with Gasteiger partial charge in [0, 0.05) is 57.1 Å². The number of ketones is 1. The van der Waals surface area contributed by atoms with Crippen LogP contribution in [0.25, 0.3) is 0 Å². The summed E-state index contributed by atoms with van der Waals surface area (Å²) in [5.74, 6) is -2.20. The zero-order chi connectivity index (χ0) is 33.7. The Balaban J connectivity index is 1.32. The number of hydrogen-bond donors (Lipinski definition) is 2. The first-order chi connectivity index (χ1) is 22.5. The zero-order valence-corrected chi connectivity index (χ0v) is 28.0. The number of carbonyl (C=O) groups excluding carboxylic acids is 4. The summed E-state index contributed by atoms with van der Waals surface area (Å²) in [4.78, 5) is 57.3. The number of ether oxygens (including phenoxy) is 1. The molecule has 11 nitrogen and oxygen atoms in total. The van der Waals surface area contributed by atoms with E-state index in [9.17, 15) is 19.2 Å². The first kappa shape index (κ1) is 34.7. The highest BCUT2D eigenvalue weighted by Crippen LogP contribution is 2.36. The largest absolute Gasteiger partial charge is 0.377 e. The van der Waals surface area contributed by atoms with Crippen LogP contribution in [0.4, 0.5) is 10.1 Å². The predicted molar refractivity (Wildman–Crippen MR) is 175 cm³/mol. The molecule has 5 rings (SSSR count). The van der Waals surface area contributed by atoms with Crippen molar-refractivity contribution >= 4 is 29.2 Å². The number of piperazine rings is 1. The van der Waals surface area contributed by atoms with Crippen molar-refractivity contribution in [2.75, 3.05) is 51.8 Å². The summed E-state index contributed by atoms with van der Waals surface area (Å²) >= 11 is 0. The van der Waals surface area contributed by atoms with Crippen LogP contribution in [0.2, 0.25) is 0 Å². The molecule has 3 aliphatic rings. The maximum absolute atomic E-state index is 15.7. The third-order valence-electron chi connectivity index (χ3n) is 10.3. The van der Waals surface area contributed by atoms with Gasteiger partial charge in [-0.2, -0.15) is 5.10 Å².